The highest BCUT2D eigenvalue weighted by molar-refractivity contribution is 5.96. The summed E-state index contributed by atoms with van der Waals surface area (Å²) in [5, 5.41) is 10.5. The second kappa shape index (κ2) is 8.01. The summed E-state index contributed by atoms with van der Waals surface area (Å²) < 4.78 is 12.6. The Morgan fingerprint density at radius 1 is 1.23 bits per heavy atom. The maximum Gasteiger partial charge on any atom is 0.352 e. The van der Waals surface area contributed by atoms with Crippen LogP contribution in [0.5, 0.6) is 5.75 Å². The van der Waals surface area contributed by atoms with E-state index in [2.05, 4.69) is 4.98 Å². The first-order chi connectivity index (χ1) is 12.6. The molecule has 2 heterocycles. The summed E-state index contributed by atoms with van der Waals surface area (Å²) in [6.07, 6.45) is 2.48. The Morgan fingerprint density at radius 2 is 2.08 bits per heavy atom. The Bertz CT molecular complexity index is 903. The normalized spacial score (nSPS) is 11.0. The molecule has 136 valence electrons. The van der Waals surface area contributed by atoms with Crippen molar-refractivity contribution < 1.29 is 19.4 Å². The van der Waals surface area contributed by atoms with Crippen molar-refractivity contribution in [2.45, 2.75) is 19.9 Å². The van der Waals surface area contributed by atoms with E-state index in [-0.39, 0.29) is 5.69 Å². The monoisotopic (exact) mass is 354 g/mol. The number of methoxy groups -OCH3 is 1. The highest BCUT2D eigenvalue weighted by atomic mass is 16.5. The quantitative estimate of drug-likeness (QED) is 0.628. The van der Waals surface area contributed by atoms with Crippen molar-refractivity contribution in [3.63, 3.8) is 0 Å². The number of aryl methyl sites for hydroxylation is 1. The number of hydrogen-bond donors (Lipinski definition) is 1. The number of hydrogen-bond acceptors (Lipinski definition) is 4. The average molecular weight is 354 g/mol. The summed E-state index contributed by atoms with van der Waals surface area (Å²) in [6.45, 7) is 3.40. The molecular formula is C20H22N2O4. The van der Waals surface area contributed by atoms with E-state index in [1.165, 1.54) is 0 Å². The van der Waals surface area contributed by atoms with Gasteiger partial charge in [-0.3, -0.25) is 4.98 Å². The van der Waals surface area contributed by atoms with Crippen molar-refractivity contribution in [3.05, 3.63) is 59.5 Å². The Balaban J connectivity index is 2.09. The van der Waals surface area contributed by atoms with Crippen molar-refractivity contribution in [3.8, 4) is 5.75 Å². The molecule has 2 aromatic heterocycles. The van der Waals surface area contributed by atoms with Gasteiger partial charge in [0.05, 0.1) is 24.4 Å². The molecule has 26 heavy (non-hydrogen) atoms. The first-order valence-corrected chi connectivity index (χ1v) is 8.55. The Kier molecular flexibility index (Phi) is 5.53. The number of fused-ring (bicyclic) bond motifs is 1. The maximum absolute atomic E-state index is 11.8. The highest BCUT2D eigenvalue weighted by Gasteiger charge is 2.18. The van der Waals surface area contributed by atoms with Gasteiger partial charge in [0.2, 0.25) is 0 Å². The standard InChI is InChI=1S/C20H22N2O4/c1-3-14-10-17(26-9-8-25-2)11-15-12-18(20(23)24)22(19(14)15)13-16-6-4-5-7-21-16/h4-7,10-12H,3,8-9,13H2,1-2H3,(H,23,24). The third kappa shape index (κ3) is 3.70. The van der Waals surface area contributed by atoms with Gasteiger partial charge < -0.3 is 19.1 Å². The van der Waals surface area contributed by atoms with Gasteiger partial charge in [0.25, 0.3) is 0 Å². The number of aromatic nitrogens is 2. The van der Waals surface area contributed by atoms with Gasteiger partial charge in [-0.1, -0.05) is 13.0 Å². The van der Waals surface area contributed by atoms with Crippen LogP contribution in [0.4, 0.5) is 0 Å². The van der Waals surface area contributed by atoms with Crippen LogP contribution in [-0.2, 0) is 17.7 Å². The summed E-state index contributed by atoms with van der Waals surface area (Å²) in [5.41, 5.74) is 3.01. The lowest BCUT2D eigenvalue weighted by Crippen LogP contribution is -2.11. The van der Waals surface area contributed by atoms with E-state index < -0.39 is 5.97 Å². The number of ether oxygens (including phenoxy) is 2. The number of carboxylic acid groups (broad SMARTS) is 1. The van der Waals surface area contributed by atoms with Crippen molar-refractivity contribution in [1.29, 1.82) is 0 Å². The van der Waals surface area contributed by atoms with Crippen molar-refractivity contribution in [2.75, 3.05) is 20.3 Å². The third-order valence-electron chi connectivity index (χ3n) is 4.25. The average Bonchev–Trinajstić information content (AvgIpc) is 3.01. The number of nitrogens with zero attached hydrogens (tertiary/aromatic N) is 2. The number of aromatic carboxylic acids is 1. The maximum atomic E-state index is 11.8. The molecule has 3 aromatic rings. The van der Waals surface area contributed by atoms with Crippen molar-refractivity contribution >= 4 is 16.9 Å². The van der Waals surface area contributed by atoms with Crippen LogP contribution in [0.1, 0.15) is 28.7 Å². The van der Waals surface area contributed by atoms with Crippen LogP contribution in [0.15, 0.2) is 42.6 Å². The van der Waals surface area contributed by atoms with Gasteiger partial charge in [-0.25, -0.2) is 4.79 Å². The molecule has 3 rings (SSSR count). The first-order valence-electron chi connectivity index (χ1n) is 8.55. The van der Waals surface area contributed by atoms with E-state index >= 15 is 0 Å². The third-order valence-corrected chi connectivity index (χ3v) is 4.25. The molecule has 0 bridgehead atoms. The van der Waals surface area contributed by atoms with Crippen LogP contribution in [0.3, 0.4) is 0 Å². The van der Waals surface area contributed by atoms with Gasteiger partial charge in [0.1, 0.15) is 18.1 Å². The molecule has 6 nitrogen and oxygen atoms in total. The zero-order chi connectivity index (χ0) is 18.5. The second-order valence-corrected chi connectivity index (χ2v) is 5.96. The lowest BCUT2D eigenvalue weighted by atomic mass is 10.1. The number of rotatable bonds is 8. The second-order valence-electron chi connectivity index (χ2n) is 5.96. The van der Waals surface area contributed by atoms with Crippen LogP contribution < -0.4 is 4.74 Å². The van der Waals surface area contributed by atoms with E-state index in [1.54, 1.807) is 19.4 Å². The van der Waals surface area contributed by atoms with Crippen molar-refractivity contribution in [1.82, 2.24) is 9.55 Å². The van der Waals surface area contributed by atoms with Gasteiger partial charge in [-0.05, 0) is 42.3 Å². The summed E-state index contributed by atoms with van der Waals surface area (Å²) in [7, 11) is 1.63. The van der Waals surface area contributed by atoms with E-state index in [0.717, 1.165) is 34.3 Å². The highest BCUT2D eigenvalue weighted by Crippen LogP contribution is 2.30. The molecule has 0 unspecified atom stereocenters. The Morgan fingerprint density at radius 3 is 2.73 bits per heavy atom. The van der Waals surface area contributed by atoms with Crippen molar-refractivity contribution in [2.24, 2.45) is 0 Å². The van der Waals surface area contributed by atoms with Gasteiger partial charge >= 0.3 is 5.97 Å². The molecule has 0 atom stereocenters. The van der Waals surface area contributed by atoms with Crippen LogP contribution in [0.25, 0.3) is 10.9 Å². The minimum absolute atomic E-state index is 0.245. The summed E-state index contributed by atoms with van der Waals surface area (Å²) in [5.74, 6) is -0.237. The molecule has 1 aromatic carbocycles. The molecule has 0 spiro atoms. The topological polar surface area (TPSA) is 73.6 Å². The largest absolute Gasteiger partial charge is 0.491 e. The predicted octanol–water partition coefficient (Wildman–Crippen LogP) is 3.37. The Labute approximate surface area is 152 Å². The van der Waals surface area contributed by atoms with Gasteiger partial charge in [-0.2, -0.15) is 0 Å². The van der Waals surface area contributed by atoms with Crippen LogP contribution in [-0.4, -0.2) is 41.0 Å². The molecule has 0 aliphatic carbocycles. The number of carboxylic acids is 1. The zero-order valence-corrected chi connectivity index (χ0v) is 14.9. The molecule has 0 saturated carbocycles. The van der Waals surface area contributed by atoms with Crippen LogP contribution in [0, 0.1) is 0 Å². The molecule has 0 aliphatic heterocycles. The lowest BCUT2D eigenvalue weighted by molar-refractivity contribution is 0.0686. The molecule has 0 fully saturated rings. The Hall–Kier alpha value is -2.86. The van der Waals surface area contributed by atoms with Crippen LogP contribution >= 0.6 is 0 Å². The smallest absolute Gasteiger partial charge is 0.352 e. The van der Waals surface area contributed by atoms with Crippen LogP contribution in [0.2, 0.25) is 0 Å². The minimum Gasteiger partial charge on any atom is -0.491 e. The SMILES string of the molecule is CCc1cc(OCCOC)cc2cc(C(=O)O)n(Cc3ccccn3)c12. The fourth-order valence-corrected chi connectivity index (χ4v) is 3.06. The summed E-state index contributed by atoms with van der Waals surface area (Å²) in [6, 6.07) is 11.2. The van der Waals surface area contributed by atoms with E-state index in [9.17, 15) is 9.90 Å². The van der Waals surface area contributed by atoms with Gasteiger partial charge in [0, 0.05) is 18.7 Å². The molecular weight excluding hydrogens is 332 g/mol. The summed E-state index contributed by atoms with van der Waals surface area (Å²) in [4.78, 5) is 16.1. The fraction of sp³-hybridized carbons (Fsp3) is 0.300. The van der Waals surface area contributed by atoms with E-state index in [1.807, 2.05) is 41.8 Å². The molecule has 1 N–H and O–H groups in total. The molecule has 0 radical (unpaired) electrons. The minimum atomic E-state index is -0.957. The lowest BCUT2D eigenvalue weighted by Gasteiger charge is -2.13. The molecule has 6 heteroatoms. The predicted molar refractivity (Wildman–Crippen MR) is 99.0 cm³/mol. The fourth-order valence-electron chi connectivity index (χ4n) is 3.06. The molecule has 0 saturated heterocycles. The number of benzene rings is 1. The van der Waals surface area contributed by atoms with Gasteiger partial charge in [-0.15, -0.1) is 0 Å². The number of carbonyl (C=O) groups is 1. The number of pyridine rings is 1. The summed E-state index contributed by atoms with van der Waals surface area (Å²) >= 11 is 0. The zero-order valence-electron chi connectivity index (χ0n) is 14.9. The van der Waals surface area contributed by atoms with Gasteiger partial charge in [0.15, 0.2) is 0 Å². The van der Waals surface area contributed by atoms with E-state index in [4.69, 9.17) is 9.47 Å². The first kappa shape index (κ1) is 17.9. The molecule has 0 aliphatic rings. The molecule has 0 amide bonds. The van der Waals surface area contributed by atoms with E-state index in [0.29, 0.717) is 19.8 Å².